The molecule has 0 fully saturated rings. The Labute approximate surface area is 120 Å². The van der Waals surface area contributed by atoms with E-state index in [1.54, 1.807) is 6.07 Å². The van der Waals surface area contributed by atoms with Gasteiger partial charge in [0.2, 0.25) is 10.0 Å². The molecule has 0 aromatic heterocycles. The highest BCUT2D eigenvalue weighted by Crippen LogP contribution is 2.22. The second-order valence-corrected chi connectivity index (χ2v) is 5.47. The van der Waals surface area contributed by atoms with Gasteiger partial charge >= 0.3 is 5.97 Å². The van der Waals surface area contributed by atoms with Crippen molar-refractivity contribution in [3.8, 4) is 6.07 Å². The van der Waals surface area contributed by atoms with Gasteiger partial charge in [-0.1, -0.05) is 0 Å². The van der Waals surface area contributed by atoms with Crippen LogP contribution in [0.15, 0.2) is 23.1 Å². The number of nitrogens with zero attached hydrogens (tertiary/aromatic N) is 2. The molecule has 1 N–H and O–H groups in total. The fourth-order valence-electron chi connectivity index (χ4n) is 1.45. The fraction of sp³-hybridized carbons (Fsp3) is 0.273. The molecule has 1 aromatic rings. The number of non-ortho nitro benzene ring substituents is 1. The molecular weight excluding hydrogens is 302 g/mol. The van der Waals surface area contributed by atoms with Gasteiger partial charge in [-0.2, -0.15) is 5.26 Å². The average molecular weight is 313 g/mol. The predicted molar refractivity (Wildman–Crippen MR) is 69.9 cm³/mol. The standard InChI is InChI=1S/C11H11N3O6S/c1-20-11(15)9-7-8(14(16)17)3-4-10(9)21(18,19)13-6-2-5-12/h3-4,7,13H,2,6H2,1H3. The molecule has 0 aliphatic rings. The molecule has 0 bridgehead atoms. The molecule has 0 saturated heterocycles. The number of rotatable bonds is 6. The van der Waals surface area contributed by atoms with Crippen molar-refractivity contribution in [2.75, 3.05) is 13.7 Å². The van der Waals surface area contributed by atoms with Crippen LogP contribution in [-0.2, 0) is 14.8 Å². The third-order valence-electron chi connectivity index (χ3n) is 2.40. The molecule has 0 radical (unpaired) electrons. The van der Waals surface area contributed by atoms with E-state index in [-0.39, 0.29) is 13.0 Å². The van der Waals surface area contributed by atoms with Gasteiger partial charge in [0.05, 0.1) is 28.6 Å². The molecule has 0 saturated carbocycles. The lowest BCUT2D eigenvalue weighted by Crippen LogP contribution is -2.26. The van der Waals surface area contributed by atoms with Crippen molar-refractivity contribution < 1.29 is 22.9 Å². The number of sulfonamides is 1. The van der Waals surface area contributed by atoms with Crippen molar-refractivity contribution in [2.24, 2.45) is 0 Å². The lowest BCUT2D eigenvalue weighted by atomic mass is 10.2. The molecular formula is C11H11N3O6S. The van der Waals surface area contributed by atoms with Crippen LogP contribution >= 0.6 is 0 Å². The summed E-state index contributed by atoms with van der Waals surface area (Å²) in [6.07, 6.45) is -0.0558. The first kappa shape index (κ1) is 16.5. The van der Waals surface area contributed by atoms with Gasteiger partial charge in [-0.25, -0.2) is 17.9 Å². The van der Waals surface area contributed by atoms with Crippen molar-refractivity contribution in [3.63, 3.8) is 0 Å². The Balaban J connectivity index is 3.32. The van der Waals surface area contributed by atoms with Crippen molar-refractivity contribution >= 4 is 21.7 Å². The van der Waals surface area contributed by atoms with Crippen molar-refractivity contribution in [2.45, 2.75) is 11.3 Å². The number of benzene rings is 1. The lowest BCUT2D eigenvalue weighted by Gasteiger charge is -2.09. The van der Waals surface area contributed by atoms with E-state index in [4.69, 9.17) is 5.26 Å². The zero-order valence-electron chi connectivity index (χ0n) is 10.9. The van der Waals surface area contributed by atoms with E-state index in [0.29, 0.717) is 0 Å². The van der Waals surface area contributed by atoms with Crippen LogP contribution in [-0.4, -0.2) is 33.0 Å². The van der Waals surface area contributed by atoms with E-state index < -0.39 is 37.1 Å². The largest absolute Gasteiger partial charge is 0.465 e. The number of nitriles is 1. The van der Waals surface area contributed by atoms with Gasteiger partial charge in [0.15, 0.2) is 0 Å². The Hall–Kier alpha value is -2.51. The maximum atomic E-state index is 12.0. The topological polar surface area (TPSA) is 139 Å². The smallest absolute Gasteiger partial charge is 0.339 e. The Kier molecular flexibility index (Phi) is 5.34. The monoisotopic (exact) mass is 313 g/mol. The first-order valence-corrected chi connectivity index (χ1v) is 7.05. The third-order valence-corrected chi connectivity index (χ3v) is 3.92. The van der Waals surface area contributed by atoms with E-state index in [2.05, 4.69) is 9.46 Å². The molecule has 1 rings (SSSR count). The van der Waals surface area contributed by atoms with Gasteiger partial charge in [0.1, 0.15) is 0 Å². The summed E-state index contributed by atoms with van der Waals surface area (Å²) < 4.78 is 30.6. The summed E-state index contributed by atoms with van der Waals surface area (Å²) in [4.78, 5) is 21.1. The molecule has 0 amide bonds. The van der Waals surface area contributed by atoms with Gasteiger partial charge < -0.3 is 4.74 Å². The Morgan fingerprint density at radius 3 is 2.71 bits per heavy atom. The zero-order chi connectivity index (χ0) is 16.0. The molecule has 0 aliphatic carbocycles. The summed E-state index contributed by atoms with van der Waals surface area (Å²) in [6, 6.07) is 4.49. The first-order valence-electron chi connectivity index (χ1n) is 5.57. The molecule has 1 aromatic carbocycles. The highest BCUT2D eigenvalue weighted by Gasteiger charge is 2.25. The number of esters is 1. The van der Waals surface area contributed by atoms with Crippen molar-refractivity contribution in [1.29, 1.82) is 5.26 Å². The average Bonchev–Trinajstić information content (AvgIpc) is 2.45. The van der Waals surface area contributed by atoms with Crippen LogP contribution in [0.2, 0.25) is 0 Å². The normalized spacial score (nSPS) is 10.7. The summed E-state index contributed by atoms with van der Waals surface area (Å²) in [5.74, 6) is -1.01. The maximum absolute atomic E-state index is 12.0. The van der Waals surface area contributed by atoms with Gasteiger partial charge in [-0.3, -0.25) is 10.1 Å². The minimum atomic E-state index is -4.09. The van der Waals surface area contributed by atoms with Crippen LogP contribution in [0.25, 0.3) is 0 Å². The van der Waals surface area contributed by atoms with E-state index in [1.807, 2.05) is 0 Å². The first-order chi connectivity index (χ1) is 9.83. The molecule has 0 spiro atoms. The number of hydrogen-bond donors (Lipinski definition) is 1. The predicted octanol–water partition coefficient (Wildman–Crippen LogP) is 0.573. The molecule has 21 heavy (non-hydrogen) atoms. The number of nitro benzene ring substituents is 1. The number of ether oxygens (including phenoxy) is 1. The van der Waals surface area contributed by atoms with Crippen LogP contribution in [0.5, 0.6) is 0 Å². The minimum absolute atomic E-state index is 0.0558. The van der Waals surface area contributed by atoms with E-state index in [9.17, 15) is 23.3 Å². The van der Waals surface area contributed by atoms with E-state index in [1.165, 1.54) is 0 Å². The minimum Gasteiger partial charge on any atom is -0.465 e. The number of carbonyl (C=O) groups is 1. The van der Waals surface area contributed by atoms with Crippen LogP contribution in [0.3, 0.4) is 0 Å². The van der Waals surface area contributed by atoms with Gasteiger partial charge in [0.25, 0.3) is 5.69 Å². The summed E-state index contributed by atoms with van der Waals surface area (Å²) >= 11 is 0. The summed E-state index contributed by atoms with van der Waals surface area (Å²) in [6.45, 7) is -0.142. The SMILES string of the molecule is COC(=O)c1cc([N+](=O)[O-])ccc1S(=O)(=O)NCCC#N. The highest BCUT2D eigenvalue weighted by molar-refractivity contribution is 7.89. The van der Waals surface area contributed by atoms with Gasteiger partial charge in [-0.05, 0) is 6.07 Å². The second-order valence-electron chi connectivity index (χ2n) is 3.74. The summed E-state index contributed by atoms with van der Waals surface area (Å²) in [5.41, 5.74) is -0.887. The number of carbonyl (C=O) groups excluding carboxylic acids is 1. The van der Waals surface area contributed by atoms with E-state index >= 15 is 0 Å². The highest BCUT2D eigenvalue weighted by atomic mass is 32.2. The van der Waals surface area contributed by atoms with Crippen LogP contribution in [0, 0.1) is 21.4 Å². The van der Waals surface area contributed by atoms with Gasteiger partial charge in [0, 0.05) is 25.1 Å². The maximum Gasteiger partial charge on any atom is 0.339 e. The Morgan fingerprint density at radius 2 is 2.19 bits per heavy atom. The molecule has 10 heteroatoms. The van der Waals surface area contributed by atoms with Crippen molar-refractivity contribution in [1.82, 2.24) is 4.72 Å². The molecule has 9 nitrogen and oxygen atoms in total. The molecule has 0 atom stereocenters. The zero-order valence-corrected chi connectivity index (χ0v) is 11.7. The molecule has 0 aliphatic heterocycles. The number of nitro groups is 1. The van der Waals surface area contributed by atoms with Gasteiger partial charge in [-0.15, -0.1) is 0 Å². The fourth-order valence-corrected chi connectivity index (χ4v) is 2.66. The quantitative estimate of drug-likeness (QED) is 0.350. The Bertz CT molecular complexity index is 707. The molecule has 0 heterocycles. The number of hydrogen-bond acceptors (Lipinski definition) is 7. The molecule has 0 unspecified atom stereocenters. The summed E-state index contributed by atoms with van der Waals surface area (Å²) in [7, 11) is -3.06. The number of nitrogens with one attached hydrogen (secondary N) is 1. The van der Waals surface area contributed by atoms with Crippen LogP contribution in [0.4, 0.5) is 5.69 Å². The van der Waals surface area contributed by atoms with Crippen molar-refractivity contribution in [3.05, 3.63) is 33.9 Å². The van der Waals surface area contributed by atoms with Crippen LogP contribution < -0.4 is 4.72 Å². The third kappa shape index (κ3) is 3.98. The number of methoxy groups -OCH3 is 1. The Morgan fingerprint density at radius 1 is 1.52 bits per heavy atom. The second kappa shape index (κ2) is 6.78. The van der Waals surface area contributed by atoms with E-state index in [0.717, 1.165) is 25.3 Å². The summed E-state index contributed by atoms with van der Waals surface area (Å²) in [5, 5.41) is 19.1. The molecule has 112 valence electrons. The lowest BCUT2D eigenvalue weighted by molar-refractivity contribution is -0.384. The van der Waals surface area contributed by atoms with Crippen LogP contribution in [0.1, 0.15) is 16.8 Å².